The molecular weight excluding hydrogens is 307 g/mol. The highest BCUT2D eigenvalue weighted by atomic mass is 35.5. The van der Waals surface area contributed by atoms with Crippen molar-refractivity contribution in [3.63, 3.8) is 0 Å². The monoisotopic (exact) mass is 320 g/mol. The molecule has 0 aliphatic rings. The number of fused-ring (bicyclic) bond motifs is 1. The fourth-order valence-electron chi connectivity index (χ4n) is 2.43. The summed E-state index contributed by atoms with van der Waals surface area (Å²) in [7, 11) is 0. The van der Waals surface area contributed by atoms with Gasteiger partial charge in [0.2, 0.25) is 0 Å². The smallest absolute Gasteiger partial charge is 0.127 e. The average Bonchev–Trinajstić information content (AvgIpc) is 2.91. The lowest BCUT2D eigenvalue weighted by Gasteiger charge is -2.16. The molecule has 0 saturated carbocycles. The molecule has 1 unspecified atom stereocenters. The minimum atomic E-state index is -0.303. The van der Waals surface area contributed by atoms with Gasteiger partial charge in [0.1, 0.15) is 5.82 Å². The van der Waals surface area contributed by atoms with Crippen molar-refractivity contribution in [3.05, 3.63) is 69.8 Å². The van der Waals surface area contributed by atoms with Crippen molar-refractivity contribution < 1.29 is 4.39 Å². The molecule has 1 aromatic heterocycles. The molecule has 3 rings (SSSR count). The molecule has 0 bridgehead atoms. The molecule has 2 nitrogen and oxygen atoms in total. The van der Waals surface area contributed by atoms with Crippen LogP contribution in [0, 0.1) is 5.82 Å². The summed E-state index contributed by atoms with van der Waals surface area (Å²) >= 11 is 7.45. The Hall–Kier alpha value is -1.46. The number of nitrogens with one attached hydrogen (secondary N) is 1. The Morgan fingerprint density at radius 2 is 2.05 bits per heavy atom. The molecule has 3 N–H and O–H groups in total. The van der Waals surface area contributed by atoms with Gasteiger partial charge in [-0.05, 0) is 46.5 Å². The first-order valence-corrected chi connectivity index (χ1v) is 7.81. The minimum absolute atomic E-state index is 0.142. The lowest BCUT2D eigenvalue weighted by molar-refractivity contribution is 0.532. The van der Waals surface area contributed by atoms with Crippen molar-refractivity contribution >= 4 is 33.0 Å². The molecule has 0 radical (unpaired) electrons. The van der Waals surface area contributed by atoms with Gasteiger partial charge in [-0.2, -0.15) is 0 Å². The first-order chi connectivity index (χ1) is 10.2. The van der Waals surface area contributed by atoms with Gasteiger partial charge in [-0.1, -0.05) is 35.9 Å². The highest BCUT2D eigenvalue weighted by Crippen LogP contribution is 2.32. The quantitative estimate of drug-likeness (QED) is 0.551. The van der Waals surface area contributed by atoms with E-state index < -0.39 is 0 Å². The van der Waals surface area contributed by atoms with Crippen LogP contribution in [0.25, 0.3) is 10.1 Å². The van der Waals surface area contributed by atoms with E-state index in [0.717, 1.165) is 10.9 Å². The fraction of sp³-hybridized carbons (Fsp3) is 0.125. The maximum atomic E-state index is 14.0. The summed E-state index contributed by atoms with van der Waals surface area (Å²) in [6.07, 6.45) is 0.472. The molecule has 21 heavy (non-hydrogen) atoms. The Balaban J connectivity index is 1.95. The number of halogens is 2. The van der Waals surface area contributed by atoms with E-state index in [2.05, 4.69) is 22.9 Å². The van der Waals surface area contributed by atoms with E-state index in [0.29, 0.717) is 17.0 Å². The van der Waals surface area contributed by atoms with E-state index in [-0.39, 0.29) is 11.9 Å². The second-order valence-corrected chi connectivity index (χ2v) is 6.19. The molecule has 0 spiro atoms. The maximum Gasteiger partial charge on any atom is 0.127 e. The Kier molecular flexibility index (Phi) is 4.22. The van der Waals surface area contributed by atoms with Gasteiger partial charge >= 0.3 is 0 Å². The van der Waals surface area contributed by atoms with Gasteiger partial charge in [-0.15, -0.1) is 11.3 Å². The predicted molar refractivity (Wildman–Crippen MR) is 87.0 cm³/mol. The second kappa shape index (κ2) is 6.12. The Labute approximate surface area is 131 Å². The molecule has 2 aromatic carbocycles. The van der Waals surface area contributed by atoms with E-state index in [1.807, 2.05) is 12.1 Å². The highest BCUT2D eigenvalue weighted by Gasteiger charge is 2.17. The maximum absolute atomic E-state index is 14.0. The molecule has 0 amide bonds. The zero-order valence-electron chi connectivity index (χ0n) is 11.1. The average molecular weight is 321 g/mol. The number of rotatable bonds is 4. The van der Waals surface area contributed by atoms with Crippen LogP contribution in [0.4, 0.5) is 4.39 Å². The van der Waals surface area contributed by atoms with Crippen LogP contribution in [-0.2, 0) is 6.42 Å². The van der Waals surface area contributed by atoms with Crippen LogP contribution in [0.3, 0.4) is 0 Å². The van der Waals surface area contributed by atoms with Crippen molar-refractivity contribution in [2.24, 2.45) is 5.84 Å². The number of benzene rings is 2. The van der Waals surface area contributed by atoms with Gasteiger partial charge in [-0.3, -0.25) is 11.3 Å². The van der Waals surface area contributed by atoms with Crippen LogP contribution in [0.5, 0.6) is 0 Å². The topological polar surface area (TPSA) is 38.0 Å². The van der Waals surface area contributed by atoms with E-state index in [9.17, 15) is 4.39 Å². The number of nitrogens with two attached hydrogens (primary N) is 1. The molecular formula is C16H14ClFN2S. The summed E-state index contributed by atoms with van der Waals surface area (Å²) in [6.45, 7) is 0. The zero-order valence-corrected chi connectivity index (χ0v) is 12.7. The number of hydrazine groups is 1. The van der Waals surface area contributed by atoms with Gasteiger partial charge in [0.05, 0.1) is 6.04 Å². The van der Waals surface area contributed by atoms with Crippen molar-refractivity contribution in [3.8, 4) is 0 Å². The molecule has 1 heterocycles. The van der Waals surface area contributed by atoms with E-state index in [1.165, 1.54) is 10.8 Å². The second-order valence-electron chi connectivity index (χ2n) is 4.85. The van der Waals surface area contributed by atoms with Crippen molar-refractivity contribution in [1.82, 2.24) is 5.43 Å². The zero-order chi connectivity index (χ0) is 14.8. The largest absolute Gasteiger partial charge is 0.271 e. The molecule has 5 heteroatoms. The lowest BCUT2D eigenvalue weighted by Crippen LogP contribution is -2.29. The summed E-state index contributed by atoms with van der Waals surface area (Å²) in [5, 5.41) is 3.62. The van der Waals surface area contributed by atoms with Crippen molar-refractivity contribution in [2.45, 2.75) is 12.5 Å². The predicted octanol–water partition coefficient (Wildman–Crippen LogP) is 4.44. The summed E-state index contributed by atoms with van der Waals surface area (Å²) < 4.78 is 15.2. The van der Waals surface area contributed by atoms with Crippen LogP contribution in [0.15, 0.2) is 47.8 Å². The van der Waals surface area contributed by atoms with Crippen LogP contribution in [0.1, 0.15) is 17.2 Å². The molecule has 1 atom stereocenters. The van der Waals surface area contributed by atoms with Crippen LogP contribution in [0.2, 0.25) is 5.02 Å². The first kappa shape index (κ1) is 14.5. The molecule has 0 aliphatic carbocycles. The molecule has 3 aromatic rings. The van der Waals surface area contributed by atoms with Crippen LogP contribution >= 0.6 is 22.9 Å². The summed E-state index contributed by atoms with van der Waals surface area (Å²) in [6, 6.07) is 12.7. The third-order valence-corrected chi connectivity index (χ3v) is 4.74. The first-order valence-electron chi connectivity index (χ1n) is 6.55. The Bertz CT molecular complexity index is 772. The summed E-state index contributed by atoms with van der Waals surface area (Å²) in [5.41, 5.74) is 4.48. The van der Waals surface area contributed by atoms with Gasteiger partial charge in [-0.25, -0.2) is 4.39 Å². The van der Waals surface area contributed by atoms with E-state index >= 15 is 0 Å². The van der Waals surface area contributed by atoms with Crippen LogP contribution in [-0.4, -0.2) is 0 Å². The summed E-state index contributed by atoms with van der Waals surface area (Å²) in [5.74, 6) is 5.39. The molecule has 0 aliphatic heterocycles. The summed E-state index contributed by atoms with van der Waals surface area (Å²) in [4.78, 5) is 0. The standard InChI is InChI=1S/C16H14ClFN2S/c17-11-6-5-10(14(18)8-11)7-15(20-19)13-9-21-16-4-2-1-3-12(13)16/h1-6,8-9,15,20H,7,19H2. The van der Waals surface area contributed by atoms with Gasteiger partial charge in [0.15, 0.2) is 0 Å². The van der Waals surface area contributed by atoms with Crippen molar-refractivity contribution in [2.75, 3.05) is 0 Å². The van der Waals surface area contributed by atoms with Crippen molar-refractivity contribution in [1.29, 1.82) is 0 Å². The van der Waals surface area contributed by atoms with Gasteiger partial charge in [0, 0.05) is 9.72 Å². The lowest BCUT2D eigenvalue weighted by atomic mass is 9.98. The third kappa shape index (κ3) is 2.94. The van der Waals surface area contributed by atoms with Crippen LogP contribution < -0.4 is 11.3 Å². The number of hydrogen-bond acceptors (Lipinski definition) is 3. The number of hydrogen-bond donors (Lipinski definition) is 2. The molecule has 0 fully saturated rings. The number of thiophene rings is 1. The minimum Gasteiger partial charge on any atom is -0.271 e. The fourth-order valence-corrected chi connectivity index (χ4v) is 3.61. The molecule has 108 valence electrons. The molecule has 0 saturated heterocycles. The third-order valence-electron chi connectivity index (χ3n) is 3.53. The van der Waals surface area contributed by atoms with Gasteiger partial charge in [0.25, 0.3) is 0 Å². The highest BCUT2D eigenvalue weighted by molar-refractivity contribution is 7.17. The van der Waals surface area contributed by atoms with E-state index in [1.54, 1.807) is 23.5 Å². The van der Waals surface area contributed by atoms with E-state index in [4.69, 9.17) is 17.4 Å². The van der Waals surface area contributed by atoms with Gasteiger partial charge < -0.3 is 0 Å². The normalized spacial score (nSPS) is 12.7. The Morgan fingerprint density at radius 1 is 1.24 bits per heavy atom. The SMILES string of the molecule is NNC(Cc1ccc(Cl)cc1F)c1csc2ccccc12. The Morgan fingerprint density at radius 3 is 2.81 bits per heavy atom.